The Balaban J connectivity index is 0.00000240. The maximum absolute atomic E-state index is 14.8. The van der Waals surface area contributed by atoms with E-state index < -0.39 is 28.3 Å². The minimum absolute atomic E-state index is 0. The number of hydrogen-bond donors (Lipinski definition) is 3. The number of aromatic carboxylic acids is 1. The van der Waals surface area contributed by atoms with Crippen LogP contribution in [-0.4, -0.2) is 56.0 Å². The number of aliphatic hydroxyl groups is 1. The van der Waals surface area contributed by atoms with E-state index in [4.69, 9.17) is 5.73 Å². The number of hydrogen-bond acceptors (Lipinski definition) is 8. The van der Waals surface area contributed by atoms with Gasteiger partial charge in [0.05, 0.1) is 17.5 Å². The van der Waals surface area contributed by atoms with Crippen LogP contribution in [0, 0.1) is 5.82 Å². The summed E-state index contributed by atoms with van der Waals surface area (Å²) >= 11 is 1.22. The van der Waals surface area contributed by atoms with Gasteiger partial charge in [-0.3, -0.25) is 9.36 Å². The quantitative estimate of drug-likeness (QED) is 0.545. The fraction of sp³-hybridized carbons (Fsp3) is 0.294. The monoisotopic (exact) mass is 441 g/mol. The fourth-order valence-corrected chi connectivity index (χ4v) is 3.89. The molecule has 12 heteroatoms. The lowest BCUT2D eigenvalue weighted by molar-refractivity contribution is 0.0695. The lowest BCUT2D eigenvalue weighted by atomic mass is 10.0. The average molecular weight is 442 g/mol. The number of aromatic nitrogens is 3. The molecule has 1 fully saturated rings. The Kier molecular flexibility index (Phi) is 5.59. The van der Waals surface area contributed by atoms with Crippen LogP contribution in [0.15, 0.2) is 28.6 Å². The van der Waals surface area contributed by atoms with Gasteiger partial charge in [0.2, 0.25) is 5.43 Å². The zero-order valence-corrected chi connectivity index (χ0v) is 16.5. The first-order valence-electron chi connectivity index (χ1n) is 8.37. The number of carboxylic acids is 1. The Morgan fingerprint density at radius 1 is 1.45 bits per heavy atom. The summed E-state index contributed by atoms with van der Waals surface area (Å²) in [7, 11) is 0. The van der Waals surface area contributed by atoms with Crippen molar-refractivity contribution < 1.29 is 19.4 Å². The topological polar surface area (TPSA) is 135 Å². The van der Waals surface area contributed by atoms with Crippen LogP contribution in [0.4, 0.5) is 10.2 Å². The Morgan fingerprint density at radius 2 is 2.21 bits per heavy atom. The van der Waals surface area contributed by atoms with Crippen LogP contribution in [0.2, 0.25) is 0 Å². The molecule has 4 rings (SSSR count). The summed E-state index contributed by atoms with van der Waals surface area (Å²) in [6.45, 7) is 0.347. The van der Waals surface area contributed by atoms with Crippen LogP contribution in [0.3, 0.4) is 0 Å². The van der Waals surface area contributed by atoms with Gasteiger partial charge in [-0.05, 0) is 12.5 Å². The van der Waals surface area contributed by atoms with Gasteiger partial charge in [0, 0.05) is 30.9 Å². The van der Waals surface area contributed by atoms with Crippen LogP contribution in [0.5, 0.6) is 0 Å². The lowest BCUT2D eigenvalue weighted by Crippen LogP contribution is -2.46. The SMILES string of the molecule is Cl.NC1(CO)CCN(c2nc3c(cc2F)c(=O)c(C(=O)O)cn3-c2nccs2)C1. The molecule has 4 heterocycles. The van der Waals surface area contributed by atoms with Gasteiger partial charge in [-0.15, -0.1) is 23.7 Å². The third-order valence-electron chi connectivity index (χ3n) is 4.77. The minimum atomic E-state index is -1.42. The van der Waals surface area contributed by atoms with Crippen molar-refractivity contribution in [1.82, 2.24) is 14.5 Å². The smallest absolute Gasteiger partial charge is 0.341 e. The van der Waals surface area contributed by atoms with Crippen LogP contribution in [0.25, 0.3) is 16.2 Å². The van der Waals surface area contributed by atoms with Crippen LogP contribution >= 0.6 is 23.7 Å². The average Bonchev–Trinajstić information content (AvgIpc) is 3.32. The van der Waals surface area contributed by atoms with Gasteiger partial charge in [-0.2, -0.15) is 0 Å². The predicted molar refractivity (Wildman–Crippen MR) is 108 cm³/mol. The van der Waals surface area contributed by atoms with E-state index in [1.54, 1.807) is 10.3 Å². The van der Waals surface area contributed by atoms with Gasteiger partial charge in [0.1, 0.15) is 5.56 Å². The van der Waals surface area contributed by atoms with Crippen molar-refractivity contribution in [3.63, 3.8) is 0 Å². The van der Waals surface area contributed by atoms with Gasteiger partial charge >= 0.3 is 5.97 Å². The van der Waals surface area contributed by atoms with Gasteiger partial charge in [0.15, 0.2) is 22.4 Å². The van der Waals surface area contributed by atoms with E-state index >= 15 is 0 Å². The van der Waals surface area contributed by atoms with E-state index in [2.05, 4.69) is 9.97 Å². The number of anilines is 1. The molecule has 0 spiro atoms. The van der Waals surface area contributed by atoms with Crippen LogP contribution < -0.4 is 16.1 Å². The maximum atomic E-state index is 14.8. The van der Waals surface area contributed by atoms with Gasteiger partial charge < -0.3 is 20.8 Å². The highest BCUT2D eigenvalue weighted by molar-refractivity contribution is 7.12. The molecule has 1 aliphatic rings. The first-order chi connectivity index (χ1) is 13.3. The number of carboxylic acid groups (broad SMARTS) is 1. The molecule has 154 valence electrons. The summed E-state index contributed by atoms with van der Waals surface area (Å²) in [4.78, 5) is 34.1. The van der Waals surface area contributed by atoms with Crippen molar-refractivity contribution in [2.24, 2.45) is 5.73 Å². The van der Waals surface area contributed by atoms with Crippen LogP contribution in [-0.2, 0) is 0 Å². The van der Waals surface area contributed by atoms with E-state index in [0.29, 0.717) is 18.1 Å². The number of nitrogens with zero attached hydrogens (tertiary/aromatic N) is 4. The number of pyridine rings is 2. The highest BCUT2D eigenvalue weighted by Gasteiger charge is 2.36. The molecule has 0 saturated carbocycles. The number of rotatable bonds is 4. The van der Waals surface area contributed by atoms with Crippen molar-refractivity contribution in [2.45, 2.75) is 12.0 Å². The molecule has 29 heavy (non-hydrogen) atoms. The molecule has 0 amide bonds. The Labute approximate surface area is 173 Å². The van der Waals surface area contributed by atoms with E-state index in [-0.39, 0.29) is 42.4 Å². The fourth-order valence-electron chi connectivity index (χ4n) is 3.27. The first kappa shape index (κ1) is 21.1. The molecule has 0 radical (unpaired) electrons. The van der Waals surface area contributed by atoms with Gasteiger partial charge in [-0.1, -0.05) is 0 Å². The molecule has 0 bridgehead atoms. The second-order valence-corrected chi connectivity index (χ2v) is 7.59. The van der Waals surface area contributed by atoms with E-state index in [1.165, 1.54) is 22.1 Å². The summed E-state index contributed by atoms with van der Waals surface area (Å²) in [6, 6.07) is 0.992. The molecule has 3 aromatic heterocycles. The highest BCUT2D eigenvalue weighted by Crippen LogP contribution is 2.28. The standard InChI is InChI=1S/C17H16FN5O4S.ClH/c18-11-5-9-12(25)10(15(26)27)6-23(16-20-2-4-28-16)13(9)21-14(11)22-3-1-17(19,7-22)8-24;/h2,4-6,24H,1,3,7-8,19H2,(H,26,27);1H. The minimum Gasteiger partial charge on any atom is -0.477 e. The number of nitrogens with two attached hydrogens (primary N) is 1. The van der Waals surface area contributed by atoms with Crippen molar-refractivity contribution in [3.05, 3.63) is 45.4 Å². The van der Waals surface area contributed by atoms with E-state index in [0.717, 1.165) is 12.3 Å². The predicted octanol–water partition coefficient (Wildman–Crippen LogP) is 1.00. The third kappa shape index (κ3) is 3.57. The molecule has 0 aromatic carbocycles. The summed E-state index contributed by atoms with van der Waals surface area (Å²) in [5.41, 5.74) is 3.98. The number of halogens is 2. The number of aliphatic hydroxyl groups excluding tert-OH is 1. The van der Waals surface area contributed by atoms with E-state index in [1.807, 2.05) is 0 Å². The Morgan fingerprint density at radius 3 is 2.79 bits per heavy atom. The zero-order valence-electron chi connectivity index (χ0n) is 14.9. The molecule has 1 atom stereocenters. The molecular formula is C17H17ClFN5O4S. The van der Waals surface area contributed by atoms with Crippen molar-refractivity contribution in [1.29, 1.82) is 0 Å². The zero-order chi connectivity index (χ0) is 20.1. The maximum Gasteiger partial charge on any atom is 0.341 e. The normalized spacial score (nSPS) is 18.8. The highest BCUT2D eigenvalue weighted by atomic mass is 35.5. The molecule has 0 aliphatic carbocycles. The number of carbonyl (C=O) groups is 1. The molecule has 9 nitrogen and oxygen atoms in total. The van der Waals surface area contributed by atoms with Gasteiger partial charge in [0.25, 0.3) is 0 Å². The molecule has 3 aromatic rings. The van der Waals surface area contributed by atoms with Crippen molar-refractivity contribution in [3.8, 4) is 5.13 Å². The Hall–Kier alpha value is -2.60. The number of fused-ring (bicyclic) bond motifs is 1. The largest absolute Gasteiger partial charge is 0.477 e. The summed E-state index contributed by atoms with van der Waals surface area (Å²) in [5.74, 6) is -2.20. The third-order valence-corrected chi connectivity index (χ3v) is 5.54. The molecule has 1 saturated heterocycles. The van der Waals surface area contributed by atoms with Crippen LogP contribution in [0.1, 0.15) is 16.8 Å². The van der Waals surface area contributed by atoms with Crippen molar-refractivity contribution >= 4 is 46.6 Å². The molecule has 1 aliphatic heterocycles. The van der Waals surface area contributed by atoms with E-state index in [9.17, 15) is 24.2 Å². The summed E-state index contributed by atoms with van der Waals surface area (Å²) in [6.07, 6.45) is 3.13. The summed E-state index contributed by atoms with van der Waals surface area (Å²) < 4.78 is 16.2. The molecule has 1 unspecified atom stereocenters. The molecule has 4 N–H and O–H groups in total. The second-order valence-electron chi connectivity index (χ2n) is 6.72. The number of thiazole rings is 1. The van der Waals surface area contributed by atoms with Crippen molar-refractivity contribution in [2.75, 3.05) is 24.6 Å². The lowest BCUT2D eigenvalue weighted by Gasteiger charge is -2.23. The Bertz CT molecular complexity index is 1140. The first-order valence-corrected chi connectivity index (χ1v) is 9.25. The molecular weight excluding hydrogens is 425 g/mol. The second kappa shape index (κ2) is 7.67. The summed E-state index contributed by atoms with van der Waals surface area (Å²) in [5, 5.41) is 20.7. The van der Waals surface area contributed by atoms with Gasteiger partial charge in [-0.25, -0.2) is 19.2 Å².